The maximum absolute atomic E-state index is 10.6. The number of carboxylic acid groups (broad SMARTS) is 1. The Morgan fingerprint density at radius 2 is 2.06 bits per heavy atom. The molecule has 0 spiro atoms. The van der Waals surface area contributed by atoms with Crippen molar-refractivity contribution >= 4 is 72.1 Å². The number of rotatable bonds is 5. The Balaban J connectivity index is 0.000000383. The maximum atomic E-state index is 10.6. The molecule has 0 aromatic carbocycles. The summed E-state index contributed by atoms with van der Waals surface area (Å²) >= 11 is 13.8. The summed E-state index contributed by atoms with van der Waals surface area (Å²) in [7, 11) is 2.08. The Hall–Kier alpha value is -1.40. The number of fused-ring (bicyclic) bond motifs is 1. The normalized spacial score (nSPS) is 18.6. The second kappa shape index (κ2) is 11.4. The fraction of sp³-hybridized carbons (Fsp3) is 0.429. The average molecular weight is 585 g/mol. The van der Waals surface area contributed by atoms with Crippen LogP contribution in [0.4, 0.5) is 18.9 Å². The molecule has 180 valence electrons. The Kier molecular flexibility index (Phi) is 9.02. The molecule has 33 heavy (non-hydrogen) atoms. The monoisotopic (exact) mass is 583 g/mol. The number of thiophene rings is 2. The largest absolute Gasteiger partial charge is 0.490 e. The third kappa shape index (κ3) is 6.60. The maximum Gasteiger partial charge on any atom is 0.490 e. The fourth-order valence-electron chi connectivity index (χ4n) is 3.78. The third-order valence-electron chi connectivity index (χ3n) is 5.33. The number of halogens is 5. The van der Waals surface area contributed by atoms with Crippen molar-refractivity contribution in [3.8, 4) is 0 Å². The molecule has 1 aliphatic carbocycles. The second-order valence-electron chi connectivity index (χ2n) is 7.47. The van der Waals surface area contributed by atoms with Gasteiger partial charge in [0, 0.05) is 34.3 Å². The molecule has 3 aromatic rings. The highest BCUT2D eigenvalue weighted by atomic mass is 79.9. The van der Waals surface area contributed by atoms with Crippen LogP contribution in [0.1, 0.15) is 41.4 Å². The van der Waals surface area contributed by atoms with E-state index >= 15 is 0 Å². The molecule has 3 N–H and O–H groups in total. The van der Waals surface area contributed by atoms with Crippen LogP contribution >= 0.6 is 50.2 Å². The molecule has 4 rings (SSSR count). The molecule has 0 amide bonds. The van der Waals surface area contributed by atoms with Gasteiger partial charge in [0.2, 0.25) is 0 Å². The van der Waals surface area contributed by atoms with Gasteiger partial charge in [-0.3, -0.25) is 0 Å². The number of pyridine rings is 1. The second-order valence-corrected chi connectivity index (χ2v) is 10.7. The van der Waals surface area contributed by atoms with E-state index in [0.717, 1.165) is 22.2 Å². The summed E-state index contributed by atoms with van der Waals surface area (Å²) in [5.74, 6) is -2.22. The zero-order valence-electron chi connectivity index (χ0n) is 17.5. The van der Waals surface area contributed by atoms with E-state index in [-0.39, 0.29) is 0 Å². The first-order chi connectivity index (χ1) is 15.6. The lowest BCUT2D eigenvalue weighted by Crippen LogP contribution is -2.34. The Labute approximate surface area is 210 Å². The van der Waals surface area contributed by atoms with Crippen molar-refractivity contribution in [1.82, 2.24) is 10.3 Å². The summed E-state index contributed by atoms with van der Waals surface area (Å²) in [4.78, 5) is 16.2. The molecule has 1 saturated carbocycles. The van der Waals surface area contributed by atoms with Gasteiger partial charge in [-0.1, -0.05) is 30.5 Å². The van der Waals surface area contributed by atoms with Gasteiger partial charge in [0.25, 0.3) is 0 Å². The number of nitrogens with one attached hydrogen (secondary N) is 2. The van der Waals surface area contributed by atoms with E-state index in [0.29, 0.717) is 17.1 Å². The Bertz CT molecular complexity index is 1090. The van der Waals surface area contributed by atoms with Gasteiger partial charge >= 0.3 is 12.1 Å². The lowest BCUT2D eigenvalue weighted by atomic mass is 9.83. The average Bonchev–Trinajstić information content (AvgIpc) is 3.40. The van der Waals surface area contributed by atoms with Crippen molar-refractivity contribution < 1.29 is 23.1 Å². The molecule has 0 saturated heterocycles. The minimum atomic E-state index is -5.08. The molecular weight excluding hydrogens is 563 g/mol. The number of aliphatic carboxylic acids is 1. The number of carboxylic acids is 1. The molecule has 1 aliphatic rings. The van der Waals surface area contributed by atoms with Crippen LogP contribution in [0.25, 0.3) is 10.2 Å². The minimum absolute atomic E-state index is 0.532. The quantitative estimate of drug-likeness (QED) is 0.275. The van der Waals surface area contributed by atoms with Crippen molar-refractivity contribution in [3.63, 3.8) is 0 Å². The number of alkyl halides is 3. The van der Waals surface area contributed by atoms with Crippen molar-refractivity contribution in [2.75, 3.05) is 12.4 Å². The summed E-state index contributed by atoms with van der Waals surface area (Å²) in [5, 5.41) is 16.8. The van der Waals surface area contributed by atoms with Crippen LogP contribution in [0, 0.1) is 0 Å². The summed E-state index contributed by atoms with van der Waals surface area (Å²) in [5.41, 5.74) is 2.05. The zero-order chi connectivity index (χ0) is 24.2. The van der Waals surface area contributed by atoms with Crippen LogP contribution in [-0.4, -0.2) is 35.3 Å². The van der Waals surface area contributed by atoms with Gasteiger partial charge < -0.3 is 15.7 Å². The van der Waals surface area contributed by atoms with Crippen LogP contribution in [0.15, 0.2) is 28.1 Å². The van der Waals surface area contributed by atoms with Gasteiger partial charge in [0.1, 0.15) is 5.15 Å². The molecule has 0 bridgehead atoms. The summed E-state index contributed by atoms with van der Waals surface area (Å²) < 4.78 is 34.0. The van der Waals surface area contributed by atoms with Crippen molar-refractivity contribution in [2.24, 2.45) is 0 Å². The van der Waals surface area contributed by atoms with Crippen LogP contribution in [0.5, 0.6) is 0 Å². The van der Waals surface area contributed by atoms with E-state index in [1.54, 1.807) is 11.3 Å². The summed E-state index contributed by atoms with van der Waals surface area (Å²) in [6, 6.07) is 6.71. The van der Waals surface area contributed by atoms with Gasteiger partial charge in [-0.2, -0.15) is 13.2 Å². The SMILES string of the molecule is CN[C@H]1CCCC[C@@H]1c1sc2c(NCc3cccs3)cc(Cl)nc2c1Br.O=C(O)C(F)(F)F. The molecule has 12 heteroatoms. The third-order valence-corrected chi connectivity index (χ3v) is 8.81. The molecule has 0 aliphatic heterocycles. The van der Waals surface area contributed by atoms with Crippen LogP contribution in [-0.2, 0) is 11.3 Å². The number of hydrogen-bond donors (Lipinski definition) is 3. The molecule has 0 unspecified atom stereocenters. The highest BCUT2D eigenvalue weighted by Crippen LogP contribution is 2.46. The van der Waals surface area contributed by atoms with E-state index in [2.05, 4.69) is 56.1 Å². The summed E-state index contributed by atoms with van der Waals surface area (Å²) in [6.07, 6.45) is -0.0223. The van der Waals surface area contributed by atoms with Crippen LogP contribution in [0.2, 0.25) is 5.15 Å². The van der Waals surface area contributed by atoms with Gasteiger partial charge in [-0.15, -0.1) is 22.7 Å². The van der Waals surface area contributed by atoms with Crippen LogP contribution in [0.3, 0.4) is 0 Å². The lowest BCUT2D eigenvalue weighted by Gasteiger charge is -2.30. The van der Waals surface area contributed by atoms with E-state index in [1.165, 1.54) is 40.1 Å². The first kappa shape index (κ1) is 26.2. The van der Waals surface area contributed by atoms with E-state index in [1.807, 2.05) is 17.4 Å². The number of likely N-dealkylation sites (N-methyl/N-ethyl adjacent to an activating group) is 1. The first-order valence-corrected chi connectivity index (χ1v) is 13.0. The van der Waals surface area contributed by atoms with Gasteiger partial charge in [-0.05, 0) is 47.3 Å². The predicted molar refractivity (Wildman–Crippen MR) is 132 cm³/mol. The molecule has 0 radical (unpaired) electrons. The van der Waals surface area contributed by atoms with Crippen molar-refractivity contribution in [3.05, 3.63) is 43.0 Å². The standard InChI is InChI=1S/C19H21BrClN3S2.C2HF3O2/c1-22-13-7-3-2-6-12(13)18-16(20)17-19(26-18)14(9-15(21)24-17)23-10-11-5-4-8-25-11;3-2(4,5)1(6)7/h4-5,8-9,12-13,22H,2-3,6-7,10H2,1H3,(H,23,24);(H,6,7)/t12-,13-;/m0./s1. The molecule has 1 fully saturated rings. The first-order valence-electron chi connectivity index (χ1n) is 10.1. The van der Waals surface area contributed by atoms with Gasteiger partial charge in [0.15, 0.2) is 0 Å². The van der Waals surface area contributed by atoms with Crippen molar-refractivity contribution in [1.29, 1.82) is 0 Å². The van der Waals surface area contributed by atoms with E-state index in [4.69, 9.17) is 21.5 Å². The highest BCUT2D eigenvalue weighted by Gasteiger charge is 2.38. The summed E-state index contributed by atoms with van der Waals surface area (Å²) in [6.45, 7) is 0.806. The zero-order valence-corrected chi connectivity index (χ0v) is 21.5. The predicted octanol–water partition coefficient (Wildman–Crippen LogP) is 7.26. The van der Waals surface area contributed by atoms with E-state index in [9.17, 15) is 13.2 Å². The smallest absolute Gasteiger partial charge is 0.475 e. The van der Waals surface area contributed by atoms with Gasteiger partial charge in [-0.25, -0.2) is 9.78 Å². The lowest BCUT2D eigenvalue weighted by molar-refractivity contribution is -0.192. The molecular formula is C21H22BrClF3N3O2S2. The highest BCUT2D eigenvalue weighted by molar-refractivity contribution is 9.10. The van der Waals surface area contributed by atoms with E-state index < -0.39 is 12.1 Å². The van der Waals surface area contributed by atoms with Crippen molar-refractivity contribution in [2.45, 2.75) is 50.4 Å². The fourth-order valence-corrected chi connectivity index (χ4v) is 6.90. The Morgan fingerprint density at radius 3 is 2.67 bits per heavy atom. The number of aromatic nitrogens is 1. The van der Waals surface area contributed by atoms with Crippen LogP contribution < -0.4 is 10.6 Å². The van der Waals surface area contributed by atoms with Gasteiger partial charge in [0.05, 0.1) is 20.4 Å². The molecule has 3 heterocycles. The number of anilines is 1. The molecule has 2 atom stereocenters. The topological polar surface area (TPSA) is 74.2 Å². The Morgan fingerprint density at radius 1 is 1.36 bits per heavy atom. The number of hydrogen-bond acceptors (Lipinski definition) is 6. The minimum Gasteiger partial charge on any atom is -0.475 e. The number of nitrogens with zero attached hydrogens (tertiary/aromatic N) is 1. The number of carbonyl (C=O) groups is 1. The molecule has 3 aromatic heterocycles. The molecule has 5 nitrogen and oxygen atoms in total.